The molecule has 154 valence electrons. The number of hydrogen-bond acceptors (Lipinski definition) is 5. The molecule has 0 aliphatic carbocycles. The topological polar surface area (TPSA) is 76.5 Å². The maximum absolute atomic E-state index is 12.4. The number of likely N-dealkylation sites (tertiary alicyclic amines) is 1. The number of aryl methyl sites for hydroxylation is 1. The molecule has 1 unspecified atom stereocenters. The van der Waals surface area contributed by atoms with E-state index < -0.39 is 11.8 Å². The minimum absolute atomic E-state index is 0.0411. The van der Waals surface area contributed by atoms with Gasteiger partial charge in [0.05, 0.1) is 5.69 Å². The highest BCUT2D eigenvalue weighted by Crippen LogP contribution is 2.35. The van der Waals surface area contributed by atoms with Crippen LogP contribution in [0.15, 0.2) is 41.4 Å². The third kappa shape index (κ3) is 4.75. The van der Waals surface area contributed by atoms with Crippen molar-refractivity contribution in [1.82, 2.24) is 20.0 Å². The van der Waals surface area contributed by atoms with E-state index in [-0.39, 0.29) is 6.10 Å². The van der Waals surface area contributed by atoms with Gasteiger partial charge >= 0.3 is 11.8 Å². The van der Waals surface area contributed by atoms with Crippen molar-refractivity contribution < 1.29 is 14.3 Å². The highest BCUT2D eigenvalue weighted by atomic mass is 32.2. The van der Waals surface area contributed by atoms with Crippen molar-refractivity contribution in [3.8, 4) is 5.75 Å². The summed E-state index contributed by atoms with van der Waals surface area (Å²) >= 11 is 1.77. The number of amides is 2. The van der Waals surface area contributed by atoms with Crippen LogP contribution >= 0.6 is 11.8 Å². The molecule has 8 heteroatoms. The molecule has 29 heavy (non-hydrogen) atoms. The number of piperidine rings is 1. The van der Waals surface area contributed by atoms with E-state index in [1.165, 1.54) is 0 Å². The van der Waals surface area contributed by atoms with Crippen LogP contribution in [0.1, 0.15) is 30.9 Å². The van der Waals surface area contributed by atoms with Gasteiger partial charge in [0.15, 0.2) is 0 Å². The number of nitrogens with one attached hydrogen (secondary N) is 1. The van der Waals surface area contributed by atoms with Crippen LogP contribution in [-0.2, 0) is 16.6 Å². The maximum Gasteiger partial charge on any atom is 0.311 e. The van der Waals surface area contributed by atoms with Gasteiger partial charge in [0, 0.05) is 55.9 Å². The van der Waals surface area contributed by atoms with Crippen LogP contribution in [0.25, 0.3) is 0 Å². The van der Waals surface area contributed by atoms with Gasteiger partial charge in [-0.1, -0.05) is 12.1 Å². The molecule has 0 bridgehead atoms. The zero-order valence-electron chi connectivity index (χ0n) is 16.5. The van der Waals surface area contributed by atoms with Crippen molar-refractivity contribution >= 4 is 23.6 Å². The molecule has 0 saturated carbocycles. The normalized spacial score (nSPS) is 19.3. The van der Waals surface area contributed by atoms with Gasteiger partial charge in [-0.15, -0.1) is 11.8 Å². The molecule has 1 atom stereocenters. The lowest BCUT2D eigenvalue weighted by molar-refractivity contribution is -0.146. The number of ether oxygens (including phenoxy) is 1. The molecule has 7 nitrogen and oxygen atoms in total. The summed E-state index contributed by atoms with van der Waals surface area (Å²) in [6, 6.07) is 10.00. The van der Waals surface area contributed by atoms with E-state index in [2.05, 4.69) is 10.4 Å². The number of aromatic nitrogens is 2. The summed E-state index contributed by atoms with van der Waals surface area (Å²) in [5.74, 6) is 1.14. The van der Waals surface area contributed by atoms with Crippen molar-refractivity contribution in [3.63, 3.8) is 0 Å². The Morgan fingerprint density at radius 1 is 1.24 bits per heavy atom. The smallest absolute Gasteiger partial charge is 0.311 e. The number of rotatable bonds is 4. The predicted octanol–water partition coefficient (Wildman–Crippen LogP) is 2.19. The highest BCUT2D eigenvalue weighted by Gasteiger charge is 2.28. The van der Waals surface area contributed by atoms with E-state index in [1.807, 2.05) is 43.6 Å². The molecule has 1 saturated heterocycles. The highest BCUT2D eigenvalue weighted by molar-refractivity contribution is 7.99. The Labute approximate surface area is 174 Å². The average molecular weight is 415 g/mol. The lowest BCUT2D eigenvalue weighted by atomic mass is 9.93. The van der Waals surface area contributed by atoms with Gasteiger partial charge in [0.25, 0.3) is 0 Å². The molecule has 0 spiro atoms. The van der Waals surface area contributed by atoms with Crippen molar-refractivity contribution in [3.05, 3.63) is 42.2 Å². The van der Waals surface area contributed by atoms with E-state index >= 15 is 0 Å². The number of carbonyl (C=O) groups excluding carboxylic acids is 2. The number of para-hydroxylation sites is 1. The third-order valence-corrected chi connectivity index (χ3v) is 6.64. The Bertz CT molecular complexity index is 876. The van der Waals surface area contributed by atoms with E-state index in [0.717, 1.165) is 34.9 Å². The first-order valence-corrected chi connectivity index (χ1v) is 11.0. The Morgan fingerprint density at radius 2 is 2.03 bits per heavy atom. The number of nitrogens with zero attached hydrogens (tertiary/aromatic N) is 3. The molecule has 4 rings (SSSR count). The number of fused-ring (bicyclic) bond motifs is 1. The molecule has 1 aromatic heterocycles. The van der Waals surface area contributed by atoms with Crippen molar-refractivity contribution in [1.29, 1.82) is 0 Å². The largest absolute Gasteiger partial charge is 0.488 e. The standard InChI is InChI=1S/C21H26N4O3S/c1-24-11-9-17(23-24)15-7-12-25(13-8-15)21(27)20(26)22-10-6-16-14-29-19-5-3-2-4-18(19)28-16/h2-5,9,11,15-16H,6-8,10,12-14H2,1H3,(H,22,26). The van der Waals surface area contributed by atoms with Gasteiger partial charge in [-0.3, -0.25) is 14.3 Å². The predicted molar refractivity (Wildman–Crippen MR) is 111 cm³/mol. The summed E-state index contributed by atoms with van der Waals surface area (Å²) < 4.78 is 7.77. The molecular formula is C21H26N4O3S. The number of hydrogen-bond donors (Lipinski definition) is 1. The van der Waals surface area contributed by atoms with Gasteiger partial charge in [-0.05, 0) is 31.0 Å². The first-order valence-electron chi connectivity index (χ1n) is 10.1. The van der Waals surface area contributed by atoms with Crippen LogP contribution in [0.3, 0.4) is 0 Å². The minimum Gasteiger partial charge on any atom is -0.488 e. The average Bonchev–Trinajstić information content (AvgIpc) is 3.19. The molecule has 1 N–H and O–H groups in total. The van der Waals surface area contributed by atoms with Gasteiger partial charge in [-0.25, -0.2) is 0 Å². The summed E-state index contributed by atoms with van der Waals surface area (Å²) in [5.41, 5.74) is 1.07. The fraction of sp³-hybridized carbons (Fsp3) is 0.476. The number of benzene rings is 1. The van der Waals surface area contributed by atoms with Crippen molar-refractivity contribution in [2.24, 2.45) is 7.05 Å². The van der Waals surface area contributed by atoms with Crippen molar-refractivity contribution in [2.75, 3.05) is 25.4 Å². The number of carbonyl (C=O) groups is 2. The van der Waals surface area contributed by atoms with Gasteiger partial charge in [0.1, 0.15) is 11.9 Å². The van der Waals surface area contributed by atoms with Crippen molar-refractivity contribution in [2.45, 2.75) is 36.2 Å². The van der Waals surface area contributed by atoms with Gasteiger partial charge in [-0.2, -0.15) is 5.10 Å². The zero-order valence-corrected chi connectivity index (χ0v) is 17.4. The molecular weight excluding hydrogens is 388 g/mol. The van der Waals surface area contributed by atoms with Crippen LogP contribution < -0.4 is 10.1 Å². The SMILES string of the molecule is Cn1ccc(C2CCN(C(=O)C(=O)NCCC3CSc4ccccc4O3)CC2)n1. The molecule has 2 amide bonds. The van der Waals surface area contributed by atoms with Crippen LogP contribution in [0, 0.1) is 0 Å². The van der Waals surface area contributed by atoms with E-state index in [4.69, 9.17) is 4.74 Å². The Balaban J connectivity index is 1.19. The monoisotopic (exact) mass is 414 g/mol. The molecule has 2 aromatic rings. The second-order valence-corrected chi connectivity index (χ2v) is 8.58. The molecule has 2 aliphatic heterocycles. The minimum atomic E-state index is -0.523. The van der Waals surface area contributed by atoms with Crippen LogP contribution in [0.2, 0.25) is 0 Å². The first kappa shape index (κ1) is 19.8. The molecule has 1 aromatic carbocycles. The Morgan fingerprint density at radius 3 is 2.79 bits per heavy atom. The summed E-state index contributed by atoms with van der Waals surface area (Å²) in [5, 5.41) is 7.22. The lowest BCUT2D eigenvalue weighted by Gasteiger charge is -2.30. The van der Waals surface area contributed by atoms with Gasteiger partial charge in [0.2, 0.25) is 0 Å². The molecule has 0 radical (unpaired) electrons. The number of thioether (sulfide) groups is 1. The molecule has 3 heterocycles. The summed E-state index contributed by atoms with van der Waals surface area (Å²) in [7, 11) is 1.91. The first-order chi connectivity index (χ1) is 14.1. The summed E-state index contributed by atoms with van der Waals surface area (Å²) in [4.78, 5) is 27.5. The van der Waals surface area contributed by atoms with Crippen LogP contribution in [-0.4, -0.2) is 58.0 Å². The van der Waals surface area contributed by atoms with Crippen LogP contribution in [0.5, 0.6) is 5.75 Å². The van der Waals surface area contributed by atoms with Crippen LogP contribution in [0.4, 0.5) is 0 Å². The second-order valence-electron chi connectivity index (χ2n) is 7.52. The second kappa shape index (κ2) is 8.90. The van der Waals surface area contributed by atoms with E-state index in [9.17, 15) is 9.59 Å². The van der Waals surface area contributed by atoms with Gasteiger partial charge < -0.3 is 15.0 Å². The molecule has 2 aliphatic rings. The fourth-order valence-electron chi connectivity index (χ4n) is 3.80. The maximum atomic E-state index is 12.4. The van der Waals surface area contributed by atoms with E-state index in [0.29, 0.717) is 32.0 Å². The third-order valence-electron chi connectivity index (χ3n) is 5.45. The Hall–Kier alpha value is -2.48. The quantitative estimate of drug-likeness (QED) is 0.776. The van der Waals surface area contributed by atoms with E-state index in [1.54, 1.807) is 21.3 Å². The Kier molecular flexibility index (Phi) is 6.08. The fourth-order valence-corrected chi connectivity index (χ4v) is 4.83. The zero-order chi connectivity index (χ0) is 20.2. The lowest BCUT2D eigenvalue weighted by Crippen LogP contribution is -2.46. The summed E-state index contributed by atoms with van der Waals surface area (Å²) in [6.45, 7) is 1.61. The summed E-state index contributed by atoms with van der Waals surface area (Å²) in [6.07, 6.45) is 4.33. The molecule has 1 fully saturated rings.